The molecule has 0 radical (unpaired) electrons. The van der Waals surface area contributed by atoms with Gasteiger partial charge in [0.05, 0.1) is 0 Å². The van der Waals surface area contributed by atoms with Crippen molar-refractivity contribution < 1.29 is 28.6 Å². The van der Waals surface area contributed by atoms with Gasteiger partial charge in [-0.05, 0) is 109 Å². The molecule has 1 unspecified atom stereocenters. The lowest BCUT2D eigenvalue weighted by atomic mass is 10.0. The Bertz CT molecular complexity index is 1480. The summed E-state index contributed by atoms with van der Waals surface area (Å²) in [4.78, 5) is 38.3. The molecule has 0 aromatic heterocycles. The predicted octanol–water partition coefficient (Wildman–Crippen LogP) is 23.1. The molecule has 0 fully saturated rings. The Morgan fingerprint density at radius 3 is 0.846 bits per heavy atom. The van der Waals surface area contributed by atoms with Crippen molar-refractivity contribution in [2.45, 2.75) is 341 Å². The van der Waals surface area contributed by atoms with E-state index in [9.17, 15) is 14.4 Å². The maximum Gasteiger partial charge on any atom is 0.306 e. The van der Waals surface area contributed by atoms with Gasteiger partial charge in [0.15, 0.2) is 6.10 Å². The number of rotatable bonds is 61. The SMILES string of the molecule is CC/C=C\C/C=C\C/C=C\C/C=C\CCCCCCCCCCCCCCCCC(=O)OCC(COC(=O)CCCCCCC/C=C\CCC)OC(=O)CCCCCCCCCCCCC/C=C\C/C=C\CCCCCCC. The van der Waals surface area contributed by atoms with Gasteiger partial charge in [0, 0.05) is 19.3 Å². The van der Waals surface area contributed by atoms with Gasteiger partial charge in [-0.1, -0.05) is 292 Å². The molecule has 0 aliphatic heterocycles. The molecule has 6 heteroatoms. The molecule has 450 valence electrons. The summed E-state index contributed by atoms with van der Waals surface area (Å²) in [6, 6.07) is 0. The molecule has 0 saturated carbocycles. The number of hydrogen-bond donors (Lipinski definition) is 0. The molecule has 78 heavy (non-hydrogen) atoms. The number of carbonyl (C=O) groups excluding carboxylic acids is 3. The Morgan fingerprint density at radius 2 is 0.526 bits per heavy atom. The lowest BCUT2D eigenvalue weighted by molar-refractivity contribution is -0.167. The third kappa shape index (κ3) is 63.4. The fourth-order valence-corrected chi connectivity index (χ4v) is 9.59. The summed E-state index contributed by atoms with van der Waals surface area (Å²) in [5.41, 5.74) is 0. The van der Waals surface area contributed by atoms with Crippen LogP contribution < -0.4 is 0 Å². The number of hydrogen-bond acceptors (Lipinski definition) is 6. The largest absolute Gasteiger partial charge is 0.462 e. The summed E-state index contributed by atoms with van der Waals surface area (Å²) in [7, 11) is 0. The highest BCUT2D eigenvalue weighted by Gasteiger charge is 2.19. The van der Waals surface area contributed by atoms with E-state index in [-0.39, 0.29) is 31.1 Å². The van der Waals surface area contributed by atoms with E-state index in [0.717, 1.165) is 103 Å². The molecule has 0 aliphatic rings. The Morgan fingerprint density at radius 1 is 0.269 bits per heavy atom. The lowest BCUT2D eigenvalue weighted by Crippen LogP contribution is -2.30. The van der Waals surface area contributed by atoms with Crippen molar-refractivity contribution in [1.29, 1.82) is 0 Å². The summed E-state index contributed by atoms with van der Waals surface area (Å²) >= 11 is 0. The smallest absolute Gasteiger partial charge is 0.306 e. The van der Waals surface area contributed by atoms with Crippen molar-refractivity contribution in [3.05, 3.63) is 85.1 Å². The Hall–Kier alpha value is -3.41. The quantitative estimate of drug-likeness (QED) is 0.0261. The molecular weight excluding hydrogens is 961 g/mol. The predicted molar refractivity (Wildman–Crippen MR) is 339 cm³/mol. The molecule has 0 aromatic rings. The number of ether oxygens (including phenoxy) is 3. The van der Waals surface area contributed by atoms with Crippen molar-refractivity contribution in [1.82, 2.24) is 0 Å². The molecule has 0 heterocycles. The normalized spacial score (nSPS) is 12.6. The van der Waals surface area contributed by atoms with Crippen molar-refractivity contribution in [3.63, 3.8) is 0 Å². The molecule has 0 aliphatic carbocycles. The van der Waals surface area contributed by atoms with Gasteiger partial charge < -0.3 is 14.2 Å². The minimum absolute atomic E-state index is 0.0779. The first kappa shape index (κ1) is 74.6. The van der Waals surface area contributed by atoms with Gasteiger partial charge >= 0.3 is 17.9 Å². The summed E-state index contributed by atoms with van der Waals surface area (Å²) < 4.78 is 16.9. The zero-order valence-corrected chi connectivity index (χ0v) is 51.7. The van der Waals surface area contributed by atoms with Crippen LogP contribution in [-0.4, -0.2) is 37.2 Å². The average molecular weight is 1090 g/mol. The van der Waals surface area contributed by atoms with E-state index in [2.05, 4.69) is 106 Å². The topological polar surface area (TPSA) is 78.9 Å². The standard InChI is InChI=1S/C72H126O6/c1-4-7-10-13-16-19-22-24-26-28-30-32-34-35-36-37-39-40-42-44-46-48-50-53-56-59-62-65-71(74)77-68-69(67-76-70(73)64-61-58-55-52-21-18-15-12-9-6-3)78-72(75)66-63-60-57-54-51-49-47-45-43-41-38-33-31-29-27-25-23-20-17-14-11-8-5-2/h7,10,12,15-16,19,23-26,29-32,69H,4-6,8-9,11,13-14,17-18,20-22,27-28,33-68H2,1-3H3/b10-7-,15-12-,19-16-,25-23-,26-24-,31-29-,32-30-. The van der Waals surface area contributed by atoms with Crippen molar-refractivity contribution in [2.24, 2.45) is 0 Å². The maximum absolute atomic E-state index is 12.9. The summed E-state index contributed by atoms with van der Waals surface area (Å²) in [6.07, 6.45) is 87.5. The summed E-state index contributed by atoms with van der Waals surface area (Å²) in [5.74, 6) is -0.878. The van der Waals surface area contributed by atoms with Crippen LogP contribution in [0.25, 0.3) is 0 Å². The number of esters is 3. The molecule has 0 aromatic carbocycles. The van der Waals surface area contributed by atoms with E-state index in [0.29, 0.717) is 19.3 Å². The third-order valence-corrected chi connectivity index (χ3v) is 14.6. The zero-order valence-electron chi connectivity index (χ0n) is 51.7. The highest BCUT2D eigenvalue weighted by atomic mass is 16.6. The van der Waals surface area contributed by atoms with E-state index >= 15 is 0 Å². The second-order valence-corrected chi connectivity index (χ2v) is 22.3. The summed E-state index contributed by atoms with van der Waals surface area (Å²) in [6.45, 7) is 6.48. The van der Waals surface area contributed by atoms with Gasteiger partial charge in [0.1, 0.15) is 13.2 Å². The van der Waals surface area contributed by atoms with Crippen LogP contribution in [0, 0.1) is 0 Å². The lowest BCUT2D eigenvalue weighted by Gasteiger charge is -2.18. The Kier molecular flexibility index (Phi) is 63.2. The van der Waals surface area contributed by atoms with Gasteiger partial charge in [-0.2, -0.15) is 0 Å². The Labute approximate surface area is 484 Å². The summed E-state index contributed by atoms with van der Waals surface area (Å²) in [5, 5.41) is 0. The Balaban J connectivity index is 4.20. The molecule has 0 saturated heterocycles. The first-order chi connectivity index (χ1) is 38.5. The van der Waals surface area contributed by atoms with Gasteiger partial charge in [0.2, 0.25) is 0 Å². The van der Waals surface area contributed by atoms with Crippen molar-refractivity contribution in [2.75, 3.05) is 13.2 Å². The van der Waals surface area contributed by atoms with Crippen LogP contribution in [0.4, 0.5) is 0 Å². The van der Waals surface area contributed by atoms with Crippen LogP contribution in [-0.2, 0) is 28.6 Å². The third-order valence-electron chi connectivity index (χ3n) is 14.6. The minimum atomic E-state index is -0.781. The van der Waals surface area contributed by atoms with Gasteiger partial charge in [-0.25, -0.2) is 0 Å². The molecule has 0 spiro atoms. The number of unbranched alkanes of at least 4 members (excludes halogenated alkanes) is 36. The molecule has 0 bridgehead atoms. The molecule has 6 nitrogen and oxygen atoms in total. The first-order valence-electron chi connectivity index (χ1n) is 33.6. The zero-order chi connectivity index (χ0) is 56.4. The van der Waals surface area contributed by atoms with Crippen molar-refractivity contribution >= 4 is 17.9 Å². The second-order valence-electron chi connectivity index (χ2n) is 22.3. The van der Waals surface area contributed by atoms with E-state index in [4.69, 9.17) is 14.2 Å². The van der Waals surface area contributed by atoms with Gasteiger partial charge in [-0.3, -0.25) is 14.4 Å². The average Bonchev–Trinajstić information content (AvgIpc) is 3.44. The van der Waals surface area contributed by atoms with E-state index in [1.54, 1.807) is 0 Å². The minimum Gasteiger partial charge on any atom is -0.462 e. The van der Waals surface area contributed by atoms with E-state index < -0.39 is 6.10 Å². The van der Waals surface area contributed by atoms with Crippen molar-refractivity contribution in [3.8, 4) is 0 Å². The monoisotopic (exact) mass is 1090 g/mol. The molecule has 1 atom stereocenters. The van der Waals surface area contributed by atoms with Crippen LogP contribution in [0.5, 0.6) is 0 Å². The van der Waals surface area contributed by atoms with Crippen LogP contribution in [0.2, 0.25) is 0 Å². The van der Waals surface area contributed by atoms with E-state index in [1.807, 2.05) is 0 Å². The molecule has 0 rings (SSSR count). The first-order valence-corrected chi connectivity index (χ1v) is 33.6. The maximum atomic E-state index is 12.9. The highest BCUT2D eigenvalue weighted by Crippen LogP contribution is 2.17. The van der Waals surface area contributed by atoms with Crippen LogP contribution in [0.3, 0.4) is 0 Å². The second kappa shape index (κ2) is 66.1. The fourth-order valence-electron chi connectivity index (χ4n) is 9.59. The number of allylic oxidation sites excluding steroid dienone is 14. The van der Waals surface area contributed by atoms with Crippen LogP contribution >= 0.6 is 0 Å². The van der Waals surface area contributed by atoms with Gasteiger partial charge in [0.25, 0.3) is 0 Å². The van der Waals surface area contributed by atoms with E-state index in [1.165, 1.54) is 193 Å². The molecule has 0 amide bonds. The number of carbonyl (C=O) groups is 3. The van der Waals surface area contributed by atoms with Crippen LogP contribution in [0.15, 0.2) is 85.1 Å². The van der Waals surface area contributed by atoms with Crippen LogP contribution in [0.1, 0.15) is 335 Å². The molecule has 0 N–H and O–H groups in total. The highest BCUT2D eigenvalue weighted by molar-refractivity contribution is 5.71. The molecular formula is C72H126O6. The van der Waals surface area contributed by atoms with Gasteiger partial charge in [-0.15, -0.1) is 0 Å². The fraction of sp³-hybridized carbons (Fsp3) is 0.764.